The van der Waals surface area contributed by atoms with Crippen molar-refractivity contribution in [3.8, 4) is 5.75 Å². The first-order valence-electron chi connectivity index (χ1n) is 10.9. The first-order chi connectivity index (χ1) is 16.4. The fourth-order valence-electron chi connectivity index (χ4n) is 4.90. The van der Waals surface area contributed by atoms with Gasteiger partial charge in [-0.25, -0.2) is 25.6 Å². The van der Waals surface area contributed by atoms with Gasteiger partial charge in [0.2, 0.25) is 0 Å². The number of hydrogen-bond acceptors (Lipinski definition) is 7. The predicted octanol–water partition coefficient (Wildman–Crippen LogP) is 3.62. The van der Waals surface area contributed by atoms with Gasteiger partial charge >= 0.3 is 0 Å². The summed E-state index contributed by atoms with van der Waals surface area (Å²) < 4.78 is 92.2. The Labute approximate surface area is 207 Å². The second-order valence-corrected chi connectivity index (χ2v) is 13.7. The Morgan fingerprint density at radius 3 is 2.37 bits per heavy atom. The maximum Gasteiger partial charge on any atom is 0.191 e. The minimum atomic E-state index is -4.58. The first-order valence-corrected chi connectivity index (χ1v) is 14.5. The Kier molecular flexibility index (Phi) is 6.76. The maximum absolute atomic E-state index is 15.4. The topological polar surface area (TPSA) is 104 Å². The number of halogens is 3. The molecule has 0 radical (unpaired) electrons. The van der Waals surface area contributed by atoms with Crippen LogP contribution in [-0.4, -0.2) is 52.9 Å². The number of ketones is 1. The minimum Gasteiger partial charge on any atom is -0.487 e. The van der Waals surface area contributed by atoms with Crippen LogP contribution in [0.2, 0.25) is 5.02 Å². The molecule has 0 amide bonds. The van der Waals surface area contributed by atoms with Gasteiger partial charge in [0.25, 0.3) is 0 Å². The number of carbonyl (C=O) groups excluding carboxylic acids is 1. The van der Waals surface area contributed by atoms with Gasteiger partial charge < -0.3 is 9.47 Å². The van der Waals surface area contributed by atoms with Crippen LogP contribution in [0.15, 0.2) is 41.3 Å². The average Bonchev–Trinajstić information content (AvgIpc) is 2.80. The summed E-state index contributed by atoms with van der Waals surface area (Å²) in [5.41, 5.74) is -2.56. The molecule has 2 atom stereocenters. The van der Waals surface area contributed by atoms with Gasteiger partial charge in [-0.05, 0) is 42.8 Å². The van der Waals surface area contributed by atoms with Crippen LogP contribution < -0.4 is 4.74 Å². The van der Waals surface area contributed by atoms with Gasteiger partial charge in [0.05, 0.1) is 22.8 Å². The van der Waals surface area contributed by atoms with Crippen molar-refractivity contribution < 1.29 is 39.9 Å². The Balaban J connectivity index is 1.99. The monoisotopic (exact) mass is 548 g/mol. The van der Waals surface area contributed by atoms with Gasteiger partial charge in [-0.2, -0.15) is 0 Å². The van der Waals surface area contributed by atoms with E-state index in [9.17, 15) is 26.0 Å². The highest BCUT2D eigenvalue weighted by molar-refractivity contribution is 7.92. The number of hydrogen-bond donors (Lipinski definition) is 0. The van der Waals surface area contributed by atoms with Gasteiger partial charge in [0.15, 0.2) is 31.2 Å². The molecule has 4 rings (SSSR count). The highest BCUT2D eigenvalue weighted by Crippen LogP contribution is 2.59. The smallest absolute Gasteiger partial charge is 0.191 e. The lowest BCUT2D eigenvalue weighted by Gasteiger charge is -2.54. The van der Waals surface area contributed by atoms with Crippen LogP contribution >= 0.6 is 11.6 Å². The predicted molar refractivity (Wildman–Crippen MR) is 124 cm³/mol. The largest absolute Gasteiger partial charge is 0.487 e. The van der Waals surface area contributed by atoms with Gasteiger partial charge in [0, 0.05) is 23.6 Å². The summed E-state index contributed by atoms with van der Waals surface area (Å²) in [6.07, 6.45) is -1.13. The van der Waals surface area contributed by atoms with Crippen molar-refractivity contribution >= 4 is 37.1 Å². The number of benzene rings is 2. The molecule has 0 aromatic heterocycles. The van der Waals surface area contributed by atoms with E-state index in [1.54, 1.807) is 0 Å². The van der Waals surface area contributed by atoms with E-state index >= 15 is 4.39 Å². The zero-order valence-corrected chi connectivity index (χ0v) is 21.1. The van der Waals surface area contributed by atoms with Crippen molar-refractivity contribution in [3.63, 3.8) is 0 Å². The molecule has 12 heteroatoms. The van der Waals surface area contributed by atoms with Crippen LogP contribution in [0.4, 0.5) is 8.78 Å². The lowest BCUT2D eigenvalue weighted by atomic mass is 9.69. The van der Waals surface area contributed by atoms with E-state index in [1.165, 1.54) is 31.2 Å². The Morgan fingerprint density at radius 2 is 1.71 bits per heavy atom. The summed E-state index contributed by atoms with van der Waals surface area (Å²) in [5.74, 6) is -3.57. The summed E-state index contributed by atoms with van der Waals surface area (Å²) in [6.45, 7) is 0.396. The number of ether oxygens (including phenoxy) is 2. The van der Waals surface area contributed by atoms with Crippen LogP contribution in [0.5, 0.6) is 5.75 Å². The van der Waals surface area contributed by atoms with E-state index in [0.717, 1.165) is 12.1 Å². The Morgan fingerprint density at radius 1 is 1.06 bits per heavy atom. The third kappa shape index (κ3) is 4.16. The van der Waals surface area contributed by atoms with E-state index in [0.29, 0.717) is 0 Å². The van der Waals surface area contributed by atoms with Gasteiger partial charge in [0.1, 0.15) is 28.6 Å². The zero-order valence-electron chi connectivity index (χ0n) is 18.7. The van der Waals surface area contributed by atoms with Crippen molar-refractivity contribution in [2.45, 2.75) is 41.4 Å². The van der Waals surface area contributed by atoms with E-state index in [1.807, 2.05) is 0 Å². The summed E-state index contributed by atoms with van der Waals surface area (Å²) in [4.78, 5) is 12.4. The molecule has 190 valence electrons. The molecule has 2 aliphatic rings. The lowest BCUT2D eigenvalue weighted by Crippen LogP contribution is -2.66. The average molecular weight is 549 g/mol. The normalized spacial score (nSPS) is 24.4. The van der Waals surface area contributed by atoms with Gasteiger partial charge in [-0.3, -0.25) is 4.79 Å². The van der Waals surface area contributed by atoms with Crippen LogP contribution in [0.3, 0.4) is 0 Å². The molecule has 2 aromatic rings. The van der Waals surface area contributed by atoms with Crippen LogP contribution in [0.1, 0.15) is 31.7 Å². The molecule has 2 aromatic carbocycles. The molecule has 1 heterocycles. The fourth-order valence-corrected chi connectivity index (χ4v) is 8.06. The molecule has 7 nitrogen and oxygen atoms in total. The molecular formula is C23H23ClF2O7S2. The summed E-state index contributed by atoms with van der Waals surface area (Å²) in [7, 11) is -8.09. The standard InChI is InChI=1S/C23H23ClF2O7S2/c1-2-34(28,29)12-11-33-22-13-16(27)9-10-23(22,35(30,31)17-5-3-15(24)4-6-17)20-18(25)7-8-19(26)21(20)32-14-22/h3-8H,2,9-14H2,1H3/t22-,23+/m0/s1. The third-order valence-corrected chi connectivity index (χ3v) is 11.2. The minimum absolute atomic E-state index is 0.171. The molecule has 1 saturated carbocycles. The SMILES string of the molecule is CCS(=O)(=O)CCO[C@@]12COc3c(F)ccc(F)c3[C@]1(S(=O)(=O)c1ccc(Cl)cc1)CCC(=O)C2. The quantitative estimate of drug-likeness (QED) is 0.520. The van der Waals surface area contributed by atoms with E-state index < -0.39 is 84.8 Å². The second kappa shape index (κ2) is 9.10. The molecule has 0 N–H and O–H groups in total. The molecule has 0 spiro atoms. The summed E-state index contributed by atoms with van der Waals surface area (Å²) in [6, 6.07) is 6.79. The molecule has 1 aliphatic carbocycles. The third-order valence-electron chi connectivity index (χ3n) is 6.68. The van der Waals surface area contributed by atoms with Crippen LogP contribution in [0, 0.1) is 11.6 Å². The first kappa shape index (κ1) is 26.0. The molecular weight excluding hydrogens is 526 g/mol. The molecule has 0 unspecified atom stereocenters. The Hall–Kier alpha value is -2.08. The lowest BCUT2D eigenvalue weighted by molar-refractivity contribution is -0.151. The zero-order chi connectivity index (χ0) is 25.6. The van der Waals surface area contributed by atoms with Crippen molar-refractivity contribution in [2.24, 2.45) is 0 Å². The fraction of sp³-hybridized carbons (Fsp3) is 0.435. The number of rotatable bonds is 7. The van der Waals surface area contributed by atoms with Crippen molar-refractivity contribution in [3.05, 3.63) is 58.6 Å². The van der Waals surface area contributed by atoms with E-state index in [4.69, 9.17) is 21.1 Å². The van der Waals surface area contributed by atoms with Crippen LogP contribution in [-0.2, 0) is 34.0 Å². The molecule has 35 heavy (non-hydrogen) atoms. The molecule has 0 bridgehead atoms. The number of sulfone groups is 2. The molecule has 1 fully saturated rings. The van der Waals surface area contributed by atoms with Crippen LogP contribution in [0.25, 0.3) is 0 Å². The van der Waals surface area contributed by atoms with Crippen molar-refractivity contribution in [1.29, 1.82) is 0 Å². The maximum atomic E-state index is 15.4. The van der Waals surface area contributed by atoms with Gasteiger partial charge in [-0.1, -0.05) is 18.5 Å². The number of fused-ring (bicyclic) bond motifs is 3. The summed E-state index contributed by atoms with van der Waals surface area (Å²) >= 11 is 5.93. The Bertz CT molecular complexity index is 1380. The molecule has 1 aliphatic heterocycles. The highest BCUT2D eigenvalue weighted by atomic mass is 35.5. The molecule has 0 saturated heterocycles. The summed E-state index contributed by atoms with van der Waals surface area (Å²) in [5, 5.41) is 0.261. The second-order valence-electron chi connectivity index (χ2n) is 8.60. The van der Waals surface area contributed by atoms with Gasteiger partial charge in [-0.15, -0.1) is 0 Å². The number of Topliss-reactive ketones (excluding diaryl/α,β-unsaturated/α-hetero) is 1. The van der Waals surface area contributed by atoms with Crippen molar-refractivity contribution in [2.75, 3.05) is 24.7 Å². The number of carbonyl (C=O) groups is 1. The van der Waals surface area contributed by atoms with E-state index in [-0.39, 0.29) is 27.9 Å². The van der Waals surface area contributed by atoms with Crippen molar-refractivity contribution in [1.82, 2.24) is 0 Å². The highest BCUT2D eigenvalue weighted by Gasteiger charge is 2.69. The van der Waals surface area contributed by atoms with E-state index in [2.05, 4.69) is 0 Å².